The van der Waals surface area contributed by atoms with Gasteiger partial charge in [0.1, 0.15) is 5.82 Å². The summed E-state index contributed by atoms with van der Waals surface area (Å²) in [6.07, 6.45) is 3.42. The molecule has 0 spiro atoms. The zero-order chi connectivity index (χ0) is 13.1. The lowest BCUT2D eigenvalue weighted by Gasteiger charge is -2.23. The molecule has 2 aromatic rings. The van der Waals surface area contributed by atoms with Gasteiger partial charge in [-0.15, -0.1) is 5.10 Å². The van der Waals surface area contributed by atoms with Gasteiger partial charge in [-0.05, 0) is 31.5 Å². The topological polar surface area (TPSA) is 74.8 Å². The lowest BCUT2D eigenvalue weighted by Crippen LogP contribution is -2.30. The number of nitrogens with zero attached hydrogens (tertiary/aromatic N) is 4. The number of hydrogen-bond donors (Lipinski definition) is 1. The van der Waals surface area contributed by atoms with E-state index in [1.165, 1.54) is 0 Å². The molecule has 0 aliphatic rings. The highest BCUT2D eigenvalue weighted by atomic mass is 16.2. The summed E-state index contributed by atoms with van der Waals surface area (Å²) in [5.74, 6) is 0.614. The Hall–Kier alpha value is -2.24. The third-order valence-electron chi connectivity index (χ3n) is 2.88. The SMILES string of the molecule is Cc1nc(C(=O)N(C)C(C)c2ccncc2)n[nH]1. The van der Waals surface area contributed by atoms with E-state index in [9.17, 15) is 4.79 Å². The molecule has 1 N–H and O–H groups in total. The standard InChI is InChI=1S/C12H15N5O/c1-8(10-4-6-13-7-5-10)17(3)12(18)11-14-9(2)15-16-11/h4-8H,1-3H3,(H,14,15,16). The summed E-state index contributed by atoms with van der Waals surface area (Å²) in [5.41, 5.74) is 1.02. The molecule has 0 aromatic carbocycles. The minimum absolute atomic E-state index is 0.0562. The average molecular weight is 245 g/mol. The van der Waals surface area contributed by atoms with Crippen molar-refractivity contribution in [2.75, 3.05) is 7.05 Å². The Morgan fingerprint density at radius 1 is 1.39 bits per heavy atom. The van der Waals surface area contributed by atoms with Crippen molar-refractivity contribution in [3.63, 3.8) is 0 Å². The smallest absolute Gasteiger partial charge is 0.293 e. The highest BCUT2D eigenvalue weighted by molar-refractivity contribution is 5.90. The van der Waals surface area contributed by atoms with Crippen molar-refractivity contribution in [3.8, 4) is 0 Å². The van der Waals surface area contributed by atoms with E-state index >= 15 is 0 Å². The average Bonchev–Trinajstić information content (AvgIpc) is 2.84. The number of carbonyl (C=O) groups excluding carboxylic acids is 1. The lowest BCUT2D eigenvalue weighted by molar-refractivity contribution is 0.0730. The van der Waals surface area contributed by atoms with Crippen molar-refractivity contribution in [1.82, 2.24) is 25.1 Å². The zero-order valence-electron chi connectivity index (χ0n) is 10.6. The summed E-state index contributed by atoms with van der Waals surface area (Å²) < 4.78 is 0. The van der Waals surface area contributed by atoms with Gasteiger partial charge in [0, 0.05) is 19.4 Å². The van der Waals surface area contributed by atoms with Gasteiger partial charge in [0.2, 0.25) is 5.82 Å². The largest absolute Gasteiger partial charge is 0.332 e. The van der Waals surface area contributed by atoms with Crippen LogP contribution in [0, 0.1) is 6.92 Å². The summed E-state index contributed by atoms with van der Waals surface area (Å²) in [6.45, 7) is 3.71. The van der Waals surface area contributed by atoms with Gasteiger partial charge in [0.25, 0.3) is 5.91 Å². The van der Waals surface area contributed by atoms with E-state index in [1.54, 1.807) is 31.3 Å². The molecule has 1 amide bonds. The number of aromatic nitrogens is 4. The van der Waals surface area contributed by atoms with Crippen LogP contribution in [0.1, 0.15) is 35.0 Å². The first kappa shape index (κ1) is 12.2. The highest BCUT2D eigenvalue weighted by Gasteiger charge is 2.21. The van der Waals surface area contributed by atoms with E-state index < -0.39 is 0 Å². The molecule has 0 aliphatic carbocycles. The molecule has 94 valence electrons. The molecule has 18 heavy (non-hydrogen) atoms. The first-order valence-corrected chi connectivity index (χ1v) is 5.65. The predicted octanol–water partition coefficient (Wildman–Crippen LogP) is 1.34. The number of carbonyl (C=O) groups is 1. The fourth-order valence-corrected chi connectivity index (χ4v) is 1.64. The molecule has 0 saturated carbocycles. The minimum atomic E-state index is -0.205. The van der Waals surface area contributed by atoms with E-state index in [-0.39, 0.29) is 17.8 Å². The van der Waals surface area contributed by atoms with Crippen molar-refractivity contribution < 1.29 is 4.79 Å². The van der Waals surface area contributed by atoms with Crippen LogP contribution in [-0.4, -0.2) is 38.0 Å². The van der Waals surface area contributed by atoms with Crippen LogP contribution < -0.4 is 0 Å². The molecule has 0 saturated heterocycles. The summed E-state index contributed by atoms with van der Waals surface area (Å²) in [4.78, 5) is 21.7. The van der Waals surface area contributed by atoms with Gasteiger partial charge in [0.05, 0.1) is 6.04 Å². The first-order valence-electron chi connectivity index (χ1n) is 5.65. The third kappa shape index (κ3) is 2.37. The van der Waals surface area contributed by atoms with Gasteiger partial charge < -0.3 is 4.90 Å². The quantitative estimate of drug-likeness (QED) is 0.885. The van der Waals surface area contributed by atoms with Gasteiger partial charge in [-0.2, -0.15) is 0 Å². The number of pyridine rings is 1. The Balaban J connectivity index is 2.16. The van der Waals surface area contributed by atoms with Crippen LogP contribution in [0.4, 0.5) is 0 Å². The first-order chi connectivity index (χ1) is 8.59. The van der Waals surface area contributed by atoms with Crippen LogP contribution in [0.5, 0.6) is 0 Å². The molecule has 2 heterocycles. The Morgan fingerprint density at radius 3 is 2.61 bits per heavy atom. The fourth-order valence-electron chi connectivity index (χ4n) is 1.64. The monoisotopic (exact) mass is 245 g/mol. The maximum atomic E-state index is 12.1. The van der Waals surface area contributed by atoms with Crippen LogP contribution in [0.15, 0.2) is 24.5 Å². The molecule has 6 nitrogen and oxygen atoms in total. The van der Waals surface area contributed by atoms with Crippen LogP contribution in [-0.2, 0) is 0 Å². The molecule has 0 bridgehead atoms. The van der Waals surface area contributed by atoms with Crippen molar-refractivity contribution in [1.29, 1.82) is 0 Å². The van der Waals surface area contributed by atoms with Gasteiger partial charge in [-0.1, -0.05) is 0 Å². The van der Waals surface area contributed by atoms with E-state index in [2.05, 4.69) is 20.2 Å². The lowest BCUT2D eigenvalue weighted by atomic mass is 10.1. The van der Waals surface area contributed by atoms with Crippen LogP contribution in [0.3, 0.4) is 0 Å². The molecular formula is C12H15N5O. The zero-order valence-corrected chi connectivity index (χ0v) is 10.6. The summed E-state index contributed by atoms with van der Waals surface area (Å²) >= 11 is 0. The molecule has 2 aromatic heterocycles. The molecule has 0 aliphatic heterocycles. The number of aryl methyl sites for hydroxylation is 1. The molecule has 2 rings (SSSR count). The number of aromatic amines is 1. The molecule has 1 atom stereocenters. The van der Waals surface area contributed by atoms with Crippen molar-refractivity contribution in [3.05, 3.63) is 41.7 Å². The maximum Gasteiger partial charge on any atom is 0.293 e. The second kappa shape index (κ2) is 4.95. The Morgan fingerprint density at radius 2 is 2.06 bits per heavy atom. The summed E-state index contributed by atoms with van der Waals surface area (Å²) in [5, 5.41) is 6.54. The maximum absolute atomic E-state index is 12.1. The normalized spacial score (nSPS) is 12.2. The van der Waals surface area contributed by atoms with Gasteiger partial charge >= 0.3 is 0 Å². The van der Waals surface area contributed by atoms with E-state index in [1.807, 2.05) is 19.1 Å². The van der Waals surface area contributed by atoms with E-state index in [0.29, 0.717) is 5.82 Å². The molecule has 1 unspecified atom stereocenters. The Bertz CT molecular complexity index is 536. The third-order valence-corrected chi connectivity index (χ3v) is 2.88. The number of amides is 1. The number of H-pyrrole nitrogens is 1. The number of rotatable bonds is 3. The van der Waals surface area contributed by atoms with Crippen LogP contribution in [0.25, 0.3) is 0 Å². The van der Waals surface area contributed by atoms with Crippen molar-refractivity contribution in [2.24, 2.45) is 0 Å². The van der Waals surface area contributed by atoms with Gasteiger partial charge in [0.15, 0.2) is 0 Å². The van der Waals surface area contributed by atoms with Gasteiger partial charge in [-0.25, -0.2) is 4.98 Å². The fraction of sp³-hybridized carbons (Fsp3) is 0.333. The molecule has 6 heteroatoms. The van der Waals surface area contributed by atoms with E-state index in [4.69, 9.17) is 0 Å². The summed E-state index contributed by atoms with van der Waals surface area (Å²) in [7, 11) is 1.74. The summed E-state index contributed by atoms with van der Waals surface area (Å²) in [6, 6.07) is 3.72. The molecule has 0 fully saturated rings. The predicted molar refractivity (Wildman–Crippen MR) is 65.9 cm³/mol. The van der Waals surface area contributed by atoms with Gasteiger partial charge in [-0.3, -0.25) is 14.9 Å². The highest BCUT2D eigenvalue weighted by Crippen LogP contribution is 2.18. The second-order valence-electron chi connectivity index (χ2n) is 4.12. The Labute approximate surface area is 105 Å². The number of nitrogens with one attached hydrogen (secondary N) is 1. The number of hydrogen-bond acceptors (Lipinski definition) is 4. The molecular weight excluding hydrogens is 230 g/mol. The van der Waals surface area contributed by atoms with E-state index in [0.717, 1.165) is 5.56 Å². The van der Waals surface area contributed by atoms with Crippen LogP contribution >= 0.6 is 0 Å². The van der Waals surface area contributed by atoms with Crippen molar-refractivity contribution >= 4 is 5.91 Å². The minimum Gasteiger partial charge on any atom is -0.332 e. The van der Waals surface area contributed by atoms with Crippen molar-refractivity contribution in [2.45, 2.75) is 19.9 Å². The van der Waals surface area contributed by atoms with Crippen LogP contribution in [0.2, 0.25) is 0 Å². The Kier molecular flexibility index (Phi) is 3.36. The molecule has 0 radical (unpaired) electrons. The second-order valence-corrected chi connectivity index (χ2v) is 4.12.